The van der Waals surface area contributed by atoms with Crippen molar-refractivity contribution < 1.29 is 33.1 Å². The molecule has 4 saturated carbocycles. The van der Waals surface area contributed by atoms with Crippen LogP contribution in [0.2, 0.25) is 0 Å². The number of likely N-dealkylation sites (N-methyl/N-ethyl adjacent to an activating group) is 1. The van der Waals surface area contributed by atoms with Gasteiger partial charge in [0, 0.05) is 64.4 Å². The van der Waals surface area contributed by atoms with Gasteiger partial charge in [-0.1, -0.05) is 13.8 Å². The van der Waals surface area contributed by atoms with E-state index in [4.69, 9.17) is 14.2 Å². The lowest BCUT2D eigenvalue weighted by Crippen LogP contribution is -2.61. The van der Waals surface area contributed by atoms with Crippen LogP contribution in [0.25, 0.3) is 0 Å². The average molecular weight is 631 g/mol. The smallest absolute Gasteiger partial charge is 0.302 e. The van der Waals surface area contributed by atoms with Gasteiger partial charge in [0.25, 0.3) is 0 Å². The summed E-state index contributed by atoms with van der Waals surface area (Å²) in [6.45, 7) is 15.8. The van der Waals surface area contributed by atoms with E-state index >= 15 is 0 Å². The molecule has 10 atom stereocenters. The molecule has 0 bridgehead atoms. The fourth-order valence-corrected chi connectivity index (χ4v) is 11.6. The van der Waals surface area contributed by atoms with Crippen molar-refractivity contribution in [3.05, 3.63) is 0 Å². The zero-order valence-electron chi connectivity index (χ0n) is 29.1. The van der Waals surface area contributed by atoms with Crippen LogP contribution in [0.3, 0.4) is 0 Å². The molecule has 6 aliphatic rings. The van der Waals surface area contributed by atoms with Crippen molar-refractivity contribution in [2.24, 2.45) is 34.5 Å². The van der Waals surface area contributed by atoms with Gasteiger partial charge in [-0.05, 0) is 86.9 Å². The van der Waals surface area contributed by atoms with E-state index in [0.717, 1.165) is 82.3 Å². The van der Waals surface area contributed by atoms with Crippen LogP contribution in [0, 0.1) is 34.5 Å². The number of esters is 3. The molecule has 6 rings (SSSR count). The molecule has 3 unspecified atom stereocenters. The number of fused-ring (bicyclic) bond motifs is 5. The molecule has 9 nitrogen and oxygen atoms in total. The van der Waals surface area contributed by atoms with Crippen molar-refractivity contribution in [2.45, 2.75) is 123 Å². The average Bonchev–Trinajstić information content (AvgIpc) is 3.24. The summed E-state index contributed by atoms with van der Waals surface area (Å²) in [5.74, 6) is 1.84. The molecule has 0 aromatic carbocycles. The largest absolute Gasteiger partial charge is 0.462 e. The highest BCUT2D eigenvalue weighted by atomic mass is 16.6. The number of quaternary nitrogens is 1. The number of piperazine rings is 1. The van der Waals surface area contributed by atoms with Crippen molar-refractivity contribution in [1.29, 1.82) is 0 Å². The molecule has 45 heavy (non-hydrogen) atoms. The van der Waals surface area contributed by atoms with Gasteiger partial charge >= 0.3 is 17.9 Å². The van der Waals surface area contributed by atoms with E-state index < -0.39 is 0 Å². The van der Waals surface area contributed by atoms with Crippen molar-refractivity contribution in [1.82, 2.24) is 9.80 Å². The number of likely N-dealkylation sites (tertiary alicyclic amines) is 1. The van der Waals surface area contributed by atoms with Gasteiger partial charge in [-0.3, -0.25) is 24.2 Å². The zero-order chi connectivity index (χ0) is 32.3. The molecule has 0 aromatic heterocycles. The summed E-state index contributed by atoms with van der Waals surface area (Å²) in [5.41, 5.74) is 0.190. The van der Waals surface area contributed by atoms with Gasteiger partial charge in [-0.25, -0.2) is 0 Å². The fraction of sp³-hybridized carbons (Fsp3) is 0.917. The first-order valence-corrected chi connectivity index (χ1v) is 18.0. The first-order chi connectivity index (χ1) is 21.2. The number of ether oxygens (including phenoxy) is 3. The molecule has 0 N–H and O–H groups in total. The minimum Gasteiger partial charge on any atom is -0.462 e. The quantitative estimate of drug-likeness (QED) is 0.253. The minimum atomic E-state index is -0.204. The Kier molecular flexibility index (Phi) is 9.14. The van der Waals surface area contributed by atoms with Crippen LogP contribution in [0.1, 0.15) is 92.4 Å². The second kappa shape index (κ2) is 12.4. The van der Waals surface area contributed by atoms with Crippen LogP contribution >= 0.6 is 0 Å². The zero-order valence-corrected chi connectivity index (χ0v) is 29.1. The molecule has 0 amide bonds. The number of hydrogen-bond acceptors (Lipinski definition) is 8. The monoisotopic (exact) mass is 630 g/mol. The molecule has 0 aromatic rings. The molecule has 0 radical (unpaired) electrons. The number of rotatable bonds is 5. The highest BCUT2D eigenvalue weighted by Crippen LogP contribution is 2.67. The molecule has 6 fully saturated rings. The maximum absolute atomic E-state index is 12.5. The summed E-state index contributed by atoms with van der Waals surface area (Å²) < 4.78 is 19.0. The van der Waals surface area contributed by atoms with Crippen LogP contribution in [-0.4, -0.2) is 116 Å². The van der Waals surface area contributed by atoms with Gasteiger partial charge in [-0.15, -0.1) is 0 Å². The maximum Gasteiger partial charge on any atom is 0.302 e. The number of carbonyl (C=O) groups is 3. The van der Waals surface area contributed by atoms with E-state index in [2.05, 4.69) is 37.7 Å². The van der Waals surface area contributed by atoms with Crippen molar-refractivity contribution >= 4 is 17.9 Å². The summed E-state index contributed by atoms with van der Waals surface area (Å²) in [6.07, 6.45) is 9.35. The Morgan fingerprint density at radius 3 is 1.93 bits per heavy atom. The number of hydrogen-bond donors (Lipinski definition) is 0. The van der Waals surface area contributed by atoms with Crippen molar-refractivity contribution in [2.75, 3.05) is 53.4 Å². The molecule has 254 valence electrons. The molecule has 0 spiro atoms. The molecular formula is C36H60N3O6+. The van der Waals surface area contributed by atoms with Crippen LogP contribution in [0.15, 0.2) is 0 Å². The number of nitrogens with zero attached hydrogens (tertiary/aromatic N) is 3. The third-order valence-corrected chi connectivity index (χ3v) is 13.9. The standard InChI is InChI=1S/C36H60N3O6/c1-23(40)43-27-11-14-37(15-12-27)32-22-36(5)26(20-33(32)44-24(2)41)8-9-28-29(36)10-13-35(4)30(28)21-31(34(35)45-25(3)42)38-16-18-39(6,7)19-17-38/h26-34H,8-22H2,1-7H3/q+1/t26-,28?,29?,30?,31-,32-,33-,34-,35-,36-/m0/s1. The Bertz CT molecular complexity index is 1130. The summed E-state index contributed by atoms with van der Waals surface area (Å²) >= 11 is 0. The van der Waals surface area contributed by atoms with E-state index in [1.807, 2.05) is 0 Å². The van der Waals surface area contributed by atoms with Gasteiger partial charge in [-0.2, -0.15) is 0 Å². The van der Waals surface area contributed by atoms with Crippen LogP contribution < -0.4 is 0 Å². The lowest BCUT2D eigenvalue weighted by atomic mass is 9.44. The molecule has 2 aliphatic heterocycles. The SMILES string of the molecule is CC(=O)OC1CCN([C@H]2C[C@]3(C)C4CC[C@@]5(C)C(C[C@H](N6CC[N+](C)(C)CC6)[C@@H]5OC(C)=O)C4CC[C@H]3C[C@@H]2OC(C)=O)CC1. The molecule has 2 saturated heterocycles. The highest BCUT2D eigenvalue weighted by molar-refractivity contribution is 5.67. The van der Waals surface area contributed by atoms with Gasteiger partial charge in [0.1, 0.15) is 18.3 Å². The summed E-state index contributed by atoms with van der Waals surface area (Å²) in [6, 6.07) is 0.500. The van der Waals surface area contributed by atoms with E-state index in [1.165, 1.54) is 26.2 Å². The lowest BCUT2D eigenvalue weighted by Gasteiger charge is -2.62. The van der Waals surface area contributed by atoms with E-state index in [9.17, 15) is 14.4 Å². The first-order valence-electron chi connectivity index (χ1n) is 18.0. The minimum absolute atomic E-state index is 0.00939. The van der Waals surface area contributed by atoms with Crippen LogP contribution in [0.5, 0.6) is 0 Å². The predicted molar refractivity (Wildman–Crippen MR) is 171 cm³/mol. The first kappa shape index (κ1) is 33.2. The number of piperidine rings is 1. The van der Waals surface area contributed by atoms with E-state index in [-0.39, 0.29) is 53.1 Å². The number of carbonyl (C=O) groups excluding carboxylic acids is 3. The topological polar surface area (TPSA) is 85.4 Å². The summed E-state index contributed by atoms with van der Waals surface area (Å²) in [5, 5.41) is 0. The lowest BCUT2D eigenvalue weighted by molar-refractivity contribution is -0.894. The summed E-state index contributed by atoms with van der Waals surface area (Å²) in [7, 11) is 4.65. The molecule has 2 heterocycles. The fourth-order valence-electron chi connectivity index (χ4n) is 11.6. The normalized spacial score (nSPS) is 43.8. The maximum atomic E-state index is 12.5. The second-order valence-electron chi connectivity index (χ2n) is 17.0. The Labute approximate surface area is 271 Å². The van der Waals surface area contributed by atoms with Gasteiger partial charge in [0.15, 0.2) is 0 Å². The molecule has 4 aliphatic carbocycles. The Morgan fingerprint density at radius 1 is 0.689 bits per heavy atom. The third-order valence-electron chi connectivity index (χ3n) is 13.9. The third kappa shape index (κ3) is 6.31. The van der Waals surface area contributed by atoms with Gasteiger partial charge in [0.05, 0.1) is 27.2 Å². The van der Waals surface area contributed by atoms with Gasteiger partial charge < -0.3 is 18.7 Å². The second-order valence-corrected chi connectivity index (χ2v) is 17.0. The Hall–Kier alpha value is -1.71. The predicted octanol–water partition coefficient (Wildman–Crippen LogP) is 4.27. The van der Waals surface area contributed by atoms with Gasteiger partial charge in [0.2, 0.25) is 0 Å². The van der Waals surface area contributed by atoms with E-state index in [1.54, 1.807) is 13.8 Å². The van der Waals surface area contributed by atoms with Crippen LogP contribution in [-0.2, 0) is 28.6 Å². The summed E-state index contributed by atoms with van der Waals surface area (Å²) in [4.78, 5) is 41.6. The Morgan fingerprint density at radius 2 is 1.31 bits per heavy atom. The van der Waals surface area contributed by atoms with Crippen molar-refractivity contribution in [3.63, 3.8) is 0 Å². The molecule has 9 heteroatoms. The Balaban J connectivity index is 1.23. The molecular weight excluding hydrogens is 570 g/mol. The van der Waals surface area contributed by atoms with Crippen molar-refractivity contribution in [3.8, 4) is 0 Å². The van der Waals surface area contributed by atoms with E-state index in [0.29, 0.717) is 29.7 Å². The highest BCUT2D eigenvalue weighted by Gasteiger charge is 2.65. The van der Waals surface area contributed by atoms with Crippen LogP contribution in [0.4, 0.5) is 0 Å².